The Bertz CT molecular complexity index is 1110. The van der Waals surface area contributed by atoms with Gasteiger partial charge in [-0.3, -0.25) is 4.90 Å². The van der Waals surface area contributed by atoms with E-state index in [1.54, 1.807) is 0 Å². The monoisotopic (exact) mass is 589 g/mol. The molecule has 43 heavy (non-hydrogen) atoms. The number of piperazine rings is 1. The SMILES string of the molecule is C=CC(=C)N1CCN(C2CN(C(/C=C(\N=C)N3CCC(/C(NC4(C)CCC4)=C(\C)C=N)CC3)=C(/CC)CCC)[C@H]2C)CC1. The zero-order chi connectivity index (χ0) is 31.1. The van der Waals surface area contributed by atoms with E-state index in [0.717, 1.165) is 95.0 Å². The van der Waals surface area contributed by atoms with Gasteiger partial charge in [0.1, 0.15) is 5.82 Å². The minimum atomic E-state index is 0.194. The highest BCUT2D eigenvalue weighted by Gasteiger charge is 2.42. The Labute approximate surface area is 262 Å². The summed E-state index contributed by atoms with van der Waals surface area (Å²) in [5.41, 5.74) is 6.51. The van der Waals surface area contributed by atoms with Gasteiger partial charge in [0.15, 0.2) is 0 Å². The zero-order valence-corrected chi connectivity index (χ0v) is 27.9. The normalized spacial score (nSPS) is 26.1. The molecule has 1 aliphatic carbocycles. The van der Waals surface area contributed by atoms with Crippen molar-refractivity contribution in [2.75, 3.05) is 45.8 Å². The maximum atomic E-state index is 7.95. The number of likely N-dealkylation sites (tertiary alicyclic amines) is 2. The molecule has 1 unspecified atom stereocenters. The molecule has 0 aromatic rings. The van der Waals surface area contributed by atoms with Crippen LogP contribution in [-0.4, -0.2) is 96.0 Å². The number of rotatable bonds is 14. The minimum Gasteiger partial charge on any atom is -0.383 e. The molecule has 4 fully saturated rings. The molecule has 1 saturated carbocycles. The van der Waals surface area contributed by atoms with Crippen molar-refractivity contribution >= 4 is 12.9 Å². The average Bonchev–Trinajstić information content (AvgIpc) is 3.02. The highest BCUT2D eigenvalue weighted by molar-refractivity contribution is 5.76. The number of nitrogens with zero attached hydrogens (tertiary/aromatic N) is 5. The van der Waals surface area contributed by atoms with Gasteiger partial charge in [-0.25, -0.2) is 4.99 Å². The third-order valence-electron chi connectivity index (χ3n) is 10.7. The molecular weight excluding hydrogens is 530 g/mol. The molecule has 2 N–H and O–H groups in total. The van der Waals surface area contributed by atoms with Gasteiger partial charge in [0, 0.05) is 98.7 Å². The summed E-state index contributed by atoms with van der Waals surface area (Å²) >= 11 is 0. The van der Waals surface area contributed by atoms with Crippen molar-refractivity contribution in [1.29, 1.82) is 5.41 Å². The lowest BCUT2D eigenvalue weighted by atomic mass is 9.77. The Kier molecular flexibility index (Phi) is 11.4. The number of hydrogen-bond acceptors (Lipinski definition) is 7. The molecular formula is C36H59N7. The summed E-state index contributed by atoms with van der Waals surface area (Å²) in [5.74, 6) is 1.47. The Morgan fingerprint density at radius 3 is 2.23 bits per heavy atom. The molecule has 0 aromatic carbocycles. The van der Waals surface area contributed by atoms with Gasteiger partial charge in [-0.2, -0.15) is 0 Å². The first-order chi connectivity index (χ1) is 20.7. The van der Waals surface area contributed by atoms with Crippen molar-refractivity contribution in [2.45, 2.75) is 104 Å². The van der Waals surface area contributed by atoms with Gasteiger partial charge < -0.3 is 25.4 Å². The molecule has 2 atom stereocenters. The van der Waals surface area contributed by atoms with Crippen LogP contribution in [0.5, 0.6) is 0 Å². The molecule has 0 radical (unpaired) electrons. The van der Waals surface area contributed by atoms with Crippen molar-refractivity contribution < 1.29 is 0 Å². The number of allylic oxidation sites excluding steroid dienone is 5. The smallest absolute Gasteiger partial charge is 0.129 e. The Morgan fingerprint density at radius 2 is 1.74 bits per heavy atom. The van der Waals surface area contributed by atoms with Crippen LogP contribution in [0.25, 0.3) is 0 Å². The van der Waals surface area contributed by atoms with E-state index in [-0.39, 0.29) is 5.54 Å². The van der Waals surface area contributed by atoms with E-state index in [2.05, 4.69) is 90.5 Å². The van der Waals surface area contributed by atoms with E-state index >= 15 is 0 Å². The lowest BCUT2D eigenvalue weighted by Crippen LogP contribution is -2.67. The molecule has 7 heteroatoms. The maximum Gasteiger partial charge on any atom is 0.129 e. The topological polar surface area (TPSA) is 61.2 Å². The highest BCUT2D eigenvalue weighted by atomic mass is 15.4. The molecule has 238 valence electrons. The van der Waals surface area contributed by atoms with Crippen LogP contribution in [0.3, 0.4) is 0 Å². The first kappa shape index (κ1) is 33.1. The molecule has 3 heterocycles. The Balaban J connectivity index is 1.46. The second-order valence-electron chi connectivity index (χ2n) is 13.5. The summed E-state index contributed by atoms with van der Waals surface area (Å²) in [6.45, 7) is 30.7. The van der Waals surface area contributed by atoms with Crippen LogP contribution in [0.2, 0.25) is 0 Å². The highest BCUT2D eigenvalue weighted by Crippen LogP contribution is 2.37. The van der Waals surface area contributed by atoms with E-state index in [9.17, 15) is 0 Å². The predicted molar refractivity (Wildman–Crippen MR) is 183 cm³/mol. The van der Waals surface area contributed by atoms with Gasteiger partial charge in [0.05, 0.1) is 0 Å². The van der Waals surface area contributed by atoms with Gasteiger partial charge in [0.25, 0.3) is 0 Å². The van der Waals surface area contributed by atoms with E-state index in [4.69, 9.17) is 5.41 Å². The van der Waals surface area contributed by atoms with Gasteiger partial charge in [-0.05, 0) is 89.7 Å². The summed E-state index contributed by atoms with van der Waals surface area (Å²) < 4.78 is 0. The van der Waals surface area contributed by atoms with Crippen LogP contribution in [0.15, 0.2) is 64.4 Å². The second-order valence-corrected chi connectivity index (χ2v) is 13.5. The summed E-state index contributed by atoms with van der Waals surface area (Å²) in [4.78, 5) is 14.7. The van der Waals surface area contributed by atoms with Crippen LogP contribution in [0, 0.1) is 11.3 Å². The molecule has 4 aliphatic rings. The van der Waals surface area contributed by atoms with E-state index in [1.165, 1.54) is 42.4 Å². The number of piperidine rings is 1. The van der Waals surface area contributed by atoms with Crippen LogP contribution in [0.4, 0.5) is 0 Å². The predicted octanol–water partition coefficient (Wildman–Crippen LogP) is 6.55. The fourth-order valence-corrected chi connectivity index (χ4v) is 7.49. The lowest BCUT2D eigenvalue weighted by molar-refractivity contribution is -0.0136. The second kappa shape index (κ2) is 14.8. The molecule has 0 amide bonds. The first-order valence-electron chi connectivity index (χ1n) is 16.9. The molecule has 4 rings (SSSR count). The molecule has 0 bridgehead atoms. The fourth-order valence-electron chi connectivity index (χ4n) is 7.49. The van der Waals surface area contributed by atoms with Crippen LogP contribution in [-0.2, 0) is 0 Å². The quantitative estimate of drug-likeness (QED) is 0.178. The number of hydrogen-bond donors (Lipinski definition) is 2. The van der Waals surface area contributed by atoms with Crippen LogP contribution < -0.4 is 5.32 Å². The molecule has 0 spiro atoms. The lowest BCUT2D eigenvalue weighted by Gasteiger charge is -2.55. The van der Waals surface area contributed by atoms with Crippen molar-refractivity contribution in [3.63, 3.8) is 0 Å². The van der Waals surface area contributed by atoms with Crippen molar-refractivity contribution in [3.8, 4) is 0 Å². The van der Waals surface area contributed by atoms with Crippen molar-refractivity contribution in [2.24, 2.45) is 10.9 Å². The first-order valence-corrected chi connectivity index (χ1v) is 16.9. The van der Waals surface area contributed by atoms with Gasteiger partial charge >= 0.3 is 0 Å². The summed E-state index contributed by atoms with van der Waals surface area (Å²) in [6, 6.07) is 1.04. The summed E-state index contributed by atoms with van der Waals surface area (Å²) in [7, 11) is 0. The van der Waals surface area contributed by atoms with Gasteiger partial charge in [-0.1, -0.05) is 33.4 Å². The summed E-state index contributed by atoms with van der Waals surface area (Å²) in [6.07, 6.45) is 15.0. The third-order valence-corrected chi connectivity index (χ3v) is 10.7. The largest absolute Gasteiger partial charge is 0.383 e. The number of aliphatic imine (C=N–C) groups is 1. The van der Waals surface area contributed by atoms with Gasteiger partial charge in [0.2, 0.25) is 0 Å². The zero-order valence-electron chi connectivity index (χ0n) is 27.9. The molecule has 3 saturated heterocycles. The Hall–Kier alpha value is -2.80. The van der Waals surface area contributed by atoms with Crippen LogP contribution >= 0.6 is 0 Å². The molecule has 3 aliphatic heterocycles. The molecule has 7 nitrogen and oxygen atoms in total. The molecule has 0 aromatic heterocycles. The minimum absolute atomic E-state index is 0.194. The van der Waals surface area contributed by atoms with Crippen molar-refractivity contribution in [3.05, 3.63) is 59.4 Å². The van der Waals surface area contributed by atoms with E-state index in [0.29, 0.717) is 18.0 Å². The average molecular weight is 590 g/mol. The van der Waals surface area contributed by atoms with Crippen LogP contribution in [0.1, 0.15) is 86.0 Å². The summed E-state index contributed by atoms with van der Waals surface area (Å²) in [5, 5.41) is 11.8. The maximum absolute atomic E-state index is 7.95. The van der Waals surface area contributed by atoms with E-state index < -0.39 is 0 Å². The van der Waals surface area contributed by atoms with Crippen molar-refractivity contribution in [1.82, 2.24) is 24.9 Å². The number of nitrogens with one attached hydrogen (secondary N) is 2. The van der Waals surface area contributed by atoms with Gasteiger partial charge in [-0.15, -0.1) is 0 Å². The third kappa shape index (κ3) is 7.47. The Morgan fingerprint density at radius 1 is 1.07 bits per heavy atom. The fraction of sp³-hybridized carbons (Fsp3) is 0.667. The standard InChI is InChI=1S/C36H59N7/c1-9-13-30(11-3)32(43-26-33(29(43)6)41-22-20-40(21-23-41)28(5)10-2)24-34(38-8)42-18-14-31(15-19-42)35(27(4)25-37)39-36(7)16-12-17-36/h10,24-25,29,31,33,37,39H,2,5,8-9,11-23,26H2,1,3-4,6-7H3/b32-30-,34-24+,35-27-,37-25?/t29-,33?/m0/s1. The van der Waals surface area contributed by atoms with E-state index in [1.807, 2.05) is 6.08 Å².